The molecule has 6 nitrogen and oxygen atoms in total. The predicted octanol–water partition coefficient (Wildman–Crippen LogP) is 0.263. The van der Waals surface area contributed by atoms with E-state index in [1.165, 1.54) is 0 Å². The first-order valence-electron chi connectivity index (χ1n) is 7.11. The highest BCUT2D eigenvalue weighted by atomic mass is 32.2. The maximum Gasteiger partial charge on any atom is 0.264 e. The minimum atomic E-state index is -3.31. The lowest BCUT2D eigenvalue weighted by atomic mass is 10.1. The molecule has 3 N–H and O–H groups in total. The lowest BCUT2D eigenvalue weighted by Crippen LogP contribution is -2.11. The van der Waals surface area contributed by atoms with Gasteiger partial charge in [-0.2, -0.15) is 8.42 Å². The van der Waals surface area contributed by atoms with Crippen LogP contribution in [0, 0.1) is 11.8 Å². The van der Waals surface area contributed by atoms with Gasteiger partial charge in [0.1, 0.15) is 0 Å². The van der Waals surface area contributed by atoms with Gasteiger partial charge in [0, 0.05) is 6.61 Å². The van der Waals surface area contributed by atoms with Crippen molar-refractivity contribution in [1.82, 2.24) is 0 Å². The summed E-state index contributed by atoms with van der Waals surface area (Å²) in [4.78, 5) is 0. The summed E-state index contributed by atoms with van der Waals surface area (Å²) in [6.07, 6.45) is 5.60. The van der Waals surface area contributed by atoms with Crippen LogP contribution >= 0.6 is 0 Å². The molecule has 0 radical (unpaired) electrons. The summed E-state index contributed by atoms with van der Waals surface area (Å²) in [5.41, 5.74) is 0. The molecule has 4 atom stereocenters. The largest absolute Gasteiger partial charge is 0.396 e. The molecule has 0 aromatic heterocycles. The second-order valence-electron chi connectivity index (χ2n) is 5.84. The minimum Gasteiger partial charge on any atom is -0.396 e. The number of hydrogen-bond donors (Lipinski definition) is 3. The van der Waals surface area contributed by atoms with Crippen LogP contribution in [-0.2, 0) is 14.3 Å². The van der Waals surface area contributed by atoms with E-state index in [1.54, 1.807) is 0 Å². The van der Waals surface area contributed by atoms with Crippen molar-refractivity contribution in [3.05, 3.63) is 0 Å². The van der Waals surface area contributed by atoms with Gasteiger partial charge in [-0.1, -0.05) is 0 Å². The maximum atomic E-state index is 10.6. The van der Waals surface area contributed by atoms with Crippen molar-refractivity contribution < 1.29 is 27.9 Å². The van der Waals surface area contributed by atoms with Crippen LogP contribution in [0.1, 0.15) is 38.5 Å². The summed E-state index contributed by atoms with van der Waals surface area (Å²) in [6, 6.07) is 0. The van der Waals surface area contributed by atoms with E-state index in [0.29, 0.717) is 12.3 Å². The van der Waals surface area contributed by atoms with Crippen LogP contribution < -0.4 is 0 Å². The Hall–Kier alpha value is -0.210. The van der Waals surface area contributed by atoms with E-state index in [4.69, 9.17) is 15.3 Å². The molecule has 2 aliphatic rings. The van der Waals surface area contributed by atoms with Crippen molar-refractivity contribution in [2.45, 2.75) is 50.7 Å². The zero-order chi connectivity index (χ0) is 15.2. The highest BCUT2D eigenvalue weighted by molar-refractivity contribution is 7.85. The molecule has 0 heterocycles. The van der Waals surface area contributed by atoms with Gasteiger partial charge in [0.2, 0.25) is 0 Å². The van der Waals surface area contributed by atoms with E-state index in [2.05, 4.69) is 4.18 Å². The number of aliphatic hydroxyl groups is 3. The van der Waals surface area contributed by atoms with Crippen molar-refractivity contribution in [1.29, 1.82) is 0 Å². The van der Waals surface area contributed by atoms with Crippen molar-refractivity contribution >= 4 is 10.1 Å². The third-order valence-electron chi connectivity index (χ3n) is 3.80. The van der Waals surface area contributed by atoms with E-state index < -0.39 is 10.1 Å². The zero-order valence-electron chi connectivity index (χ0n) is 11.9. The van der Waals surface area contributed by atoms with Crippen LogP contribution in [0.4, 0.5) is 0 Å². The molecule has 0 spiro atoms. The van der Waals surface area contributed by atoms with Crippen molar-refractivity contribution in [3.8, 4) is 0 Å². The normalized spacial score (nSPS) is 33.8. The van der Waals surface area contributed by atoms with Gasteiger partial charge in [-0.3, -0.25) is 4.18 Å². The number of rotatable bonds is 4. The summed E-state index contributed by atoms with van der Waals surface area (Å²) in [5.74, 6) is 0.583. The summed E-state index contributed by atoms with van der Waals surface area (Å²) >= 11 is 0. The van der Waals surface area contributed by atoms with Gasteiger partial charge >= 0.3 is 0 Å². The summed E-state index contributed by atoms with van der Waals surface area (Å²) in [5, 5.41) is 26.6. The molecule has 0 aliphatic heterocycles. The van der Waals surface area contributed by atoms with Crippen LogP contribution in [-0.4, -0.2) is 55.4 Å². The molecule has 0 amide bonds. The van der Waals surface area contributed by atoms with Gasteiger partial charge < -0.3 is 15.3 Å². The van der Waals surface area contributed by atoms with E-state index in [1.807, 2.05) is 0 Å². The third-order valence-corrected chi connectivity index (χ3v) is 4.37. The monoisotopic (exact) mass is 310 g/mol. The molecule has 0 bridgehead atoms. The van der Waals surface area contributed by atoms with Crippen LogP contribution in [0.15, 0.2) is 0 Å². The molecule has 20 heavy (non-hydrogen) atoms. The molecule has 2 saturated carbocycles. The van der Waals surface area contributed by atoms with E-state index >= 15 is 0 Å². The van der Waals surface area contributed by atoms with Crippen LogP contribution in [0.2, 0.25) is 0 Å². The average molecular weight is 310 g/mol. The first-order chi connectivity index (χ1) is 9.30. The summed E-state index contributed by atoms with van der Waals surface area (Å²) < 4.78 is 25.8. The van der Waals surface area contributed by atoms with Gasteiger partial charge in [-0.15, -0.1) is 0 Å². The third kappa shape index (κ3) is 7.54. The van der Waals surface area contributed by atoms with Gasteiger partial charge in [-0.25, -0.2) is 0 Å². The molecule has 2 fully saturated rings. The Morgan fingerprint density at radius 2 is 1.50 bits per heavy atom. The van der Waals surface area contributed by atoms with Crippen LogP contribution in [0.5, 0.6) is 0 Å². The quantitative estimate of drug-likeness (QED) is 0.644. The first-order valence-corrected chi connectivity index (χ1v) is 8.93. The molecule has 2 rings (SSSR count). The zero-order valence-corrected chi connectivity index (χ0v) is 12.8. The standard InChI is InChI=1S/C7H14O4S.C6H12O2/c1-12(9,10)11-5-6-2-3-7(8)4-6;7-4-5-1-2-6(8)3-5/h6-8H,2-5H2,1H3;5-8H,1-4H2. The number of aliphatic hydroxyl groups excluding tert-OH is 3. The van der Waals surface area contributed by atoms with Crippen molar-refractivity contribution in [2.24, 2.45) is 11.8 Å². The number of hydrogen-bond acceptors (Lipinski definition) is 6. The molecular weight excluding hydrogens is 284 g/mol. The van der Waals surface area contributed by atoms with Gasteiger partial charge in [0.05, 0.1) is 25.1 Å². The Bertz CT molecular complexity index is 369. The smallest absolute Gasteiger partial charge is 0.264 e. The highest BCUT2D eigenvalue weighted by Gasteiger charge is 2.24. The lowest BCUT2D eigenvalue weighted by Gasteiger charge is -2.07. The second kappa shape index (κ2) is 8.29. The Labute approximate surface area is 120 Å². The summed E-state index contributed by atoms with van der Waals surface area (Å²) in [6.45, 7) is 0.465. The molecule has 0 aromatic carbocycles. The fraction of sp³-hybridized carbons (Fsp3) is 1.00. The summed E-state index contributed by atoms with van der Waals surface area (Å²) in [7, 11) is -3.31. The second-order valence-corrected chi connectivity index (χ2v) is 7.48. The Balaban J connectivity index is 0.000000217. The lowest BCUT2D eigenvalue weighted by molar-refractivity contribution is 0.163. The minimum absolute atomic E-state index is 0.132. The van der Waals surface area contributed by atoms with Gasteiger partial charge in [0.25, 0.3) is 10.1 Å². The van der Waals surface area contributed by atoms with Crippen LogP contribution in [0.3, 0.4) is 0 Å². The first kappa shape index (κ1) is 17.8. The molecule has 2 aliphatic carbocycles. The van der Waals surface area contributed by atoms with Gasteiger partial charge in [0.15, 0.2) is 0 Å². The van der Waals surface area contributed by atoms with E-state index in [-0.39, 0.29) is 31.3 Å². The Morgan fingerprint density at radius 3 is 1.80 bits per heavy atom. The Kier molecular flexibility index (Phi) is 7.39. The fourth-order valence-electron chi connectivity index (χ4n) is 2.63. The van der Waals surface area contributed by atoms with E-state index in [9.17, 15) is 8.42 Å². The van der Waals surface area contributed by atoms with E-state index in [0.717, 1.165) is 38.4 Å². The SMILES string of the molecule is CS(=O)(=O)OCC1CCC(O)C1.OCC1CCC(O)C1. The van der Waals surface area contributed by atoms with Crippen LogP contribution in [0.25, 0.3) is 0 Å². The maximum absolute atomic E-state index is 10.6. The Morgan fingerprint density at radius 1 is 1.00 bits per heavy atom. The molecule has 0 saturated heterocycles. The topological polar surface area (TPSA) is 104 Å². The molecule has 0 aromatic rings. The van der Waals surface area contributed by atoms with Crippen molar-refractivity contribution in [2.75, 3.05) is 19.5 Å². The fourth-order valence-corrected chi connectivity index (χ4v) is 3.07. The average Bonchev–Trinajstić information content (AvgIpc) is 2.95. The van der Waals surface area contributed by atoms with Gasteiger partial charge in [-0.05, 0) is 50.4 Å². The molecule has 4 unspecified atom stereocenters. The molecule has 7 heteroatoms. The van der Waals surface area contributed by atoms with Crippen molar-refractivity contribution in [3.63, 3.8) is 0 Å². The molecule has 120 valence electrons. The molecular formula is C13H26O6S. The highest BCUT2D eigenvalue weighted by Crippen LogP contribution is 2.25. The predicted molar refractivity (Wildman–Crippen MR) is 74.6 cm³/mol.